The molecule has 0 bridgehead atoms. The lowest BCUT2D eigenvalue weighted by atomic mass is 10.1. The van der Waals surface area contributed by atoms with Crippen LogP contribution in [0.2, 0.25) is 0 Å². The first-order valence-corrected chi connectivity index (χ1v) is 6.26. The van der Waals surface area contributed by atoms with E-state index in [0.29, 0.717) is 13.1 Å². The topological polar surface area (TPSA) is 66.8 Å². The van der Waals surface area contributed by atoms with E-state index in [9.17, 15) is 9.59 Å². The highest BCUT2D eigenvalue weighted by atomic mass is 16.5. The van der Waals surface area contributed by atoms with Gasteiger partial charge in [0.1, 0.15) is 0 Å². The fraction of sp³-hybridized carbons (Fsp3) is 0.429. The summed E-state index contributed by atoms with van der Waals surface area (Å²) in [6, 6.07) is 6.29. The number of aromatic carboxylic acids is 1. The van der Waals surface area contributed by atoms with Crippen LogP contribution in [0.1, 0.15) is 34.6 Å². The van der Waals surface area contributed by atoms with E-state index < -0.39 is 5.97 Å². The molecule has 0 spiro atoms. The molecule has 0 radical (unpaired) electrons. The summed E-state index contributed by atoms with van der Waals surface area (Å²) < 4.78 is 5.57. The number of hydrogen-bond acceptors (Lipinski definition) is 3. The quantitative estimate of drug-likeness (QED) is 0.880. The molecule has 1 N–H and O–H groups in total. The molecule has 2 rings (SSSR count). The van der Waals surface area contributed by atoms with E-state index in [0.717, 1.165) is 0 Å². The molecule has 0 aromatic heterocycles. The van der Waals surface area contributed by atoms with Gasteiger partial charge >= 0.3 is 5.97 Å². The Balaban J connectivity index is 2.27. The van der Waals surface area contributed by atoms with Crippen LogP contribution in [0.15, 0.2) is 24.3 Å². The van der Waals surface area contributed by atoms with Gasteiger partial charge in [0.15, 0.2) is 0 Å². The second-order valence-corrected chi connectivity index (χ2v) is 4.82. The van der Waals surface area contributed by atoms with E-state index in [1.54, 1.807) is 23.1 Å². The third-order valence-electron chi connectivity index (χ3n) is 3.09. The van der Waals surface area contributed by atoms with Gasteiger partial charge in [-0.25, -0.2) is 4.79 Å². The SMILES string of the molecule is C[C@@H]1CN(C(=O)c2ccccc2C(=O)O)C[C@H](C)O1. The number of carbonyl (C=O) groups excluding carboxylic acids is 1. The monoisotopic (exact) mass is 263 g/mol. The van der Waals surface area contributed by atoms with Gasteiger partial charge < -0.3 is 14.7 Å². The Bertz CT molecular complexity index is 490. The first-order chi connectivity index (χ1) is 8.99. The Labute approximate surface area is 111 Å². The van der Waals surface area contributed by atoms with E-state index in [-0.39, 0.29) is 29.2 Å². The summed E-state index contributed by atoms with van der Waals surface area (Å²) in [6.07, 6.45) is -0.0746. The van der Waals surface area contributed by atoms with Crippen molar-refractivity contribution in [3.05, 3.63) is 35.4 Å². The van der Waals surface area contributed by atoms with Gasteiger partial charge in [0.25, 0.3) is 5.91 Å². The number of ether oxygens (including phenoxy) is 1. The normalized spacial score (nSPS) is 23.2. The minimum Gasteiger partial charge on any atom is -0.478 e. The smallest absolute Gasteiger partial charge is 0.336 e. The summed E-state index contributed by atoms with van der Waals surface area (Å²) in [4.78, 5) is 25.2. The first-order valence-electron chi connectivity index (χ1n) is 6.26. The Morgan fingerprint density at radius 1 is 1.16 bits per heavy atom. The van der Waals surface area contributed by atoms with Crippen molar-refractivity contribution in [1.82, 2.24) is 4.90 Å². The highest BCUT2D eigenvalue weighted by Crippen LogP contribution is 2.17. The molecule has 5 heteroatoms. The van der Waals surface area contributed by atoms with Crippen LogP contribution in [0.4, 0.5) is 0 Å². The lowest BCUT2D eigenvalue weighted by Gasteiger charge is -2.35. The predicted molar refractivity (Wildman–Crippen MR) is 69.3 cm³/mol. The summed E-state index contributed by atoms with van der Waals surface area (Å²) in [5, 5.41) is 9.12. The molecular formula is C14H17NO4. The maximum atomic E-state index is 12.4. The summed E-state index contributed by atoms with van der Waals surface area (Å²) in [5.41, 5.74) is 0.274. The fourth-order valence-corrected chi connectivity index (χ4v) is 2.37. The minimum atomic E-state index is -1.08. The number of carboxylic acid groups (broad SMARTS) is 1. The summed E-state index contributed by atoms with van der Waals surface area (Å²) in [5.74, 6) is -1.33. The van der Waals surface area contributed by atoms with Crippen molar-refractivity contribution < 1.29 is 19.4 Å². The van der Waals surface area contributed by atoms with Crippen molar-refractivity contribution in [2.75, 3.05) is 13.1 Å². The van der Waals surface area contributed by atoms with Crippen LogP contribution in [-0.2, 0) is 4.74 Å². The largest absolute Gasteiger partial charge is 0.478 e. The van der Waals surface area contributed by atoms with Crippen LogP contribution in [-0.4, -0.2) is 47.2 Å². The minimum absolute atomic E-state index is 0.0373. The van der Waals surface area contributed by atoms with Gasteiger partial charge in [0, 0.05) is 13.1 Å². The number of rotatable bonds is 2. The molecule has 1 amide bonds. The molecule has 1 aliphatic heterocycles. The maximum absolute atomic E-state index is 12.4. The summed E-state index contributed by atoms with van der Waals surface area (Å²) in [6.45, 7) is 4.77. The number of morpholine rings is 1. The van der Waals surface area contributed by atoms with Crippen molar-refractivity contribution in [3.8, 4) is 0 Å². The third kappa shape index (κ3) is 2.93. The summed E-state index contributed by atoms with van der Waals surface area (Å²) >= 11 is 0. The predicted octanol–water partition coefficient (Wildman–Crippen LogP) is 1.63. The van der Waals surface area contributed by atoms with E-state index in [1.165, 1.54) is 6.07 Å². The van der Waals surface area contributed by atoms with Gasteiger partial charge in [0.05, 0.1) is 23.3 Å². The zero-order valence-electron chi connectivity index (χ0n) is 11.0. The number of carbonyl (C=O) groups is 2. The molecule has 1 aliphatic rings. The van der Waals surface area contributed by atoms with Crippen LogP contribution >= 0.6 is 0 Å². The zero-order valence-corrected chi connectivity index (χ0v) is 11.0. The van der Waals surface area contributed by atoms with E-state index in [4.69, 9.17) is 9.84 Å². The fourth-order valence-electron chi connectivity index (χ4n) is 2.37. The third-order valence-corrected chi connectivity index (χ3v) is 3.09. The highest BCUT2D eigenvalue weighted by Gasteiger charge is 2.28. The van der Waals surface area contributed by atoms with Gasteiger partial charge in [-0.3, -0.25) is 4.79 Å². The molecule has 102 valence electrons. The van der Waals surface area contributed by atoms with Crippen molar-refractivity contribution in [1.29, 1.82) is 0 Å². The average molecular weight is 263 g/mol. The molecule has 0 unspecified atom stereocenters. The molecule has 1 saturated heterocycles. The number of nitrogens with zero attached hydrogens (tertiary/aromatic N) is 1. The molecule has 1 heterocycles. The van der Waals surface area contributed by atoms with Crippen LogP contribution in [0.5, 0.6) is 0 Å². The maximum Gasteiger partial charge on any atom is 0.336 e. The molecule has 1 fully saturated rings. The van der Waals surface area contributed by atoms with Gasteiger partial charge in [-0.2, -0.15) is 0 Å². The van der Waals surface area contributed by atoms with Gasteiger partial charge in [-0.05, 0) is 26.0 Å². The standard InChI is InChI=1S/C14H17NO4/c1-9-7-15(8-10(2)19-9)13(16)11-5-3-4-6-12(11)14(17)18/h3-6,9-10H,7-8H2,1-2H3,(H,17,18)/t9-,10+. The van der Waals surface area contributed by atoms with E-state index in [1.807, 2.05) is 13.8 Å². The van der Waals surface area contributed by atoms with E-state index in [2.05, 4.69) is 0 Å². The molecule has 0 aliphatic carbocycles. The molecule has 2 atom stereocenters. The van der Waals surface area contributed by atoms with Gasteiger partial charge in [0.2, 0.25) is 0 Å². The Hall–Kier alpha value is -1.88. The second kappa shape index (κ2) is 5.40. The highest BCUT2D eigenvalue weighted by molar-refractivity contribution is 6.04. The lowest BCUT2D eigenvalue weighted by Crippen LogP contribution is -2.48. The molecule has 5 nitrogen and oxygen atoms in total. The Morgan fingerprint density at radius 2 is 1.68 bits per heavy atom. The van der Waals surface area contributed by atoms with Gasteiger partial charge in [-0.1, -0.05) is 12.1 Å². The van der Waals surface area contributed by atoms with Crippen molar-refractivity contribution in [2.45, 2.75) is 26.1 Å². The Morgan fingerprint density at radius 3 is 2.21 bits per heavy atom. The number of amides is 1. The lowest BCUT2D eigenvalue weighted by molar-refractivity contribution is -0.0586. The van der Waals surface area contributed by atoms with Gasteiger partial charge in [-0.15, -0.1) is 0 Å². The first kappa shape index (κ1) is 13.5. The number of carboxylic acids is 1. The molecule has 1 aromatic carbocycles. The van der Waals surface area contributed by atoms with Crippen molar-refractivity contribution in [3.63, 3.8) is 0 Å². The van der Waals surface area contributed by atoms with Crippen LogP contribution in [0, 0.1) is 0 Å². The number of benzene rings is 1. The summed E-state index contributed by atoms with van der Waals surface area (Å²) in [7, 11) is 0. The molecule has 19 heavy (non-hydrogen) atoms. The number of hydrogen-bond donors (Lipinski definition) is 1. The molecule has 1 aromatic rings. The molecule has 0 saturated carbocycles. The van der Waals surface area contributed by atoms with Crippen LogP contribution < -0.4 is 0 Å². The van der Waals surface area contributed by atoms with Crippen molar-refractivity contribution >= 4 is 11.9 Å². The van der Waals surface area contributed by atoms with E-state index >= 15 is 0 Å². The zero-order chi connectivity index (χ0) is 14.0. The van der Waals surface area contributed by atoms with Crippen LogP contribution in [0.3, 0.4) is 0 Å². The second-order valence-electron chi connectivity index (χ2n) is 4.82. The average Bonchev–Trinajstić information content (AvgIpc) is 2.36. The Kier molecular flexibility index (Phi) is 3.85. The van der Waals surface area contributed by atoms with Crippen molar-refractivity contribution in [2.24, 2.45) is 0 Å². The van der Waals surface area contributed by atoms with Crippen LogP contribution in [0.25, 0.3) is 0 Å². The molecular weight excluding hydrogens is 246 g/mol.